The second kappa shape index (κ2) is 4.91. The summed E-state index contributed by atoms with van der Waals surface area (Å²) in [6.07, 6.45) is 4.62. The molecule has 0 spiro atoms. The fourth-order valence-corrected chi connectivity index (χ4v) is 1.67. The average molecular weight is 228 g/mol. The summed E-state index contributed by atoms with van der Waals surface area (Å²) in [6, 6.07) is 5.96. The Morgan fingerprint density at radius 1 is 1.12 bits per heavy atom. The lowest BCUT2D eigenvalue weighted by Crippen LogP contribution is -2.11. The molecule has 2 aromatic heterocycles. The summed E-state index contributed by atoms with van der Waals surface area (Å²) in [5, 5.41) is 8.44. The highest BCUT2D eigenvalue weighted by Gasteiger charge is 2.06. The van der Waals surface area contributed by atoms with Crippen LogP contribution in [0.3, 0.4) is 0 Å². The molecule has 0 saturated heterocycles. The summed E-state index contributed by atoms with van der Waals surface area (Å²) in [5.41, 5.74) is 3.20. The maximum Gasteiger partial charge on any atom is 0.150 e. The van der Waals surface area contributed by atoms with Crippen LogP contribution in [0.25, 0.3) is 11.3 Å². The molecule has 2 aromatic rings. The summed E-state index contributed by atoms with van der Waals surface area (Å²) < 4.78 is 0. The molecule has 2 rings (SSSR count). The van der Waals surface area contributed by atoms with Crippen molar-refractivity contribution in [3.63, 3.8) is 0 Å². The molecule has 0 fully saturated rings. The first-order chi connectivity index (χ1) is 8.22. The molecule has 2 heterocycles. The molecule has 0 aliphatic heterocycles. The van der Waals surface area contributed by atoms with E-state index in [1.807, 2.05) is 43.4 Å². The number of pyridine rings is 1. The van der Waals surface area contributed by atoms with Crippen molar-refractivity contribution in [3.8, 4) is 11.3 Å². The van der Waals surface area contributed by atoms with Gasteiger partial charge in [-0.1, -0.05) is 6.92 Å². The van der Waals surface area contributed by atoms with Crippen molar-refractivity contribution in [1.29, 1.82) is 0 Å². The van der Waals surface area contributed by atoms with Crippen LogP contribution in [0, 0.1) is 0 Å². The number of aromatic nitrogens is 3. The van der Waals surface area contributed by atoms with Crippen LogP contribution in [0.15, 0.2) is 30.6 Å². The lowest BCUT2D eigenvalue weighted by atomic mass is 10.1. The highest BCUT2D eigenvalue weighted by molar-refractivity contribution is 5.63. The quantitative estimate of drug-likeness (QED) is 0.807. The third-order valence-corrected chi connectivity index (χ3v) is 2.67. The highest BCUT2D eigenvalue weighted by atomic mass is 15.2. The molecular formula is C13H16N4. The summed E-state index contributed by atoms with van der Waals surface area (Å²) in [4.78, 5) is 6.07. The lowest BCUT2D eigenvalue weighted by Gasteiger charge is -2.11. The van der Waals surface area contributed by atoms with Gasteiger partial charge in [-0.25, -0.2) is 0 Å². The third kappa shape index (κ3) is 2.41. The van der Waals surface area contributed by atoms with Crippen LogP contribution in [-0.4, -0.2) is 29.3 Å². The van der Waals surface area contributed by atoms with E-state index in [0.29, 0.717) is 0 Å². The lowest BCUT2D eigenvalue weighted by molar-refractivity contribution is 0.965. The Bertz CT molecular complexity index is 491. The van der Waals surface area contributed by atoms with Crippen LogP contribution in [0.4, 0.5) is 5.82 Å². The highest BCUT2D eigenvalue weighted by Crippen LogP contribution is 2.21. The topological polar surface area (TPSA) is 41.9 Å². The van der Waals surface area contributed by atoms with Crippen LogP contribution in [0.2, 0.25) is 0 Å². The van der Waals surface area contributed by atoms with E-state index in [1.54, 1.807) is 6.20 Å². The van der Waals surface area contributed by atoms with Crippen molar-refractivity contribution in [2.45, 2.75) is 13.3 Å². The van der Waals surface area contributed by atoms with Crippen LogP contribution in [-0.2, 0) is 6.42 Å². The van der Waals surface area contributed by atoms with Gasteiger partial charge in [-0.15, -0.1) is 10.2 Å². The summed E-state index contributed by atoms with van der Waals surface area (Å²) >= 11 is 0. The molecule has 88 valence electrons. The minimum atomic E-state index is 0.862. The summed E-state index contributed by atoms with van der Waals surface area (Å²) in [6.45, 7) is 2.11. The van der Waals surface area contributed by atoms with Crippen LogP contribution >= 0.6 is 0 Å². The standard InChI is InChI=1S/C13H16N4/c1-4-10-9-14-8-7-11(10)12-5-6-13(16-15-12)17(2)3/h5-9H,4H2,1-3H3. The van der Waals surface area contributed by atoms with Gasteiger partial charge in [-0.2, -0.15) is 0 Å². The molecule has 0 amide bonds. The van der Waals surface area contributed by atoms with E-state index in [4.69, 9.17) is 0 Å². The van der Waals surface area contributed by atoms with Crippen molar-refractivity contribution < 1.29 is 0 Å². The van der Waals surface area contributed by atoms with Crippen LogP contribution < -0.4 is 4.90 Å². The van der Waals surface area contributed by atoms with E-state index in [9.17, 15) is 0 Å². The van der Waals surface area contributed by atoms with Gasteiger partial charge >= 0.3 is 0 Å². The molecule has 0 saturated carbocycles. The van der Waals surface area contributed by atoms with Gasteiger partial charge in [0.1, 0.15) is 0 Å². The molecule has 17 heavy (non-hydrogen) atoms. The Labute approximate surface area is 101 Å². The van der Waals surface area contributed by atoms with Gasteiger partial charge in [-0.05, 0) is 30.2 Å². The van der Waals surface area contributed by atoms with Crippen molar-refractivity contribution in [2.24, 2.45) is 0 Å². The van der Waals surface area contributed by atoms with Crippen LogP contribution in [0.1, 0.15) is 12.5 Å². The monoisotopic (exact) mass is 228 g/mol. The molecule has 0 N–H and O–H groups in total. The SMILES string of the molecule is CCc1cnccc1-c1ccc(N(C)C)nn1. The Morgan fingerprint density at radius 3 is 2.53 bits per heavy atom. The van der Waals surface area contributed by atoms with Gasteiger partial charge < -0.3 is 4.90 Å². The number of hydrogen-bond acceptors (Lipinski definition) is 4. The molecule has 4 heteroatoms. The molecule has 0 aliphatic rings. The first kappa shape index (κ1) is 11.5. The maximum absolute atomic E-state index is 4.26. The number of hydrogen-bond donors (Lipinski definition) is 0. The second-order valence-electron chi connectivity index (χ2n) is 4.06. The van der Waals surface area contributed by atoms with Gasteiger partial charge in [0.25, 0.3) is 0 Å². The molecule has 0 radical (unpaired) electrons. The predicted octanol–water partition coefficient (Wildman–Crippen LogP) is 2.17. The first-order valence-electron chi connectivity index (χ1n) is 5.66. The largest absolute Gasteiger partial charge is 0.361 e. The fraction of sp³-hybridized carbons (Fsp3) is 0.308. The molecular weight excluding hydrogens is 212 g/mol. The molecule has 0 aromatic carbocycles. The zero-order valence-corrected chi connectivity index (χ0v) is 10.4. The fourth-order valence-electron chi connectivity index (χ4n) is 1.67. The Morgan fingerprint density at radius 2 is 1.94 bits per heavy atom. The normalized spacial score (nSPS) is 10.3. The van der Waals surface area contributed by atoms with E-state index in [0.717, 1.165) is 23.5 Å². The number of nitrogens with zero attached hydrogens (tertiary/aromatic N) is 4. The van der Waals surface area contributed by atoms with Crippen molar-refractivity contribution in [1.82, 2.24) is 15.2 Å². The van der Waals surface area contributed by atoms with E-state index >= 15 is 0 Å². The number of rotatable bonds is 3. The molecule has 0 atom stereocenters. The average Bonchev–Trinajstić information content (AvgIpc) is 2.39. The second-order valence-corrected chi connectivity index (χ2v) is 4.06. The Hall–Kier alpha value is -1.97. The van der Waals surface area contributed by atoms with Crippen molar-refractivity contribution >= 4 is 5.82 Å². The van der Waals surface area contributed by atoms with Gasteiger partial charge in [-0.3, -0.25) is 4.98 Å². The maximum atomic E-state index is 4.26. The third-order valence-electron chi connectivity index (χ3n) is 2.67. The number of aryl methyl sites for hydroxylation is 1. The minimum Gasteiger partial charge on any atom is -0.361 e. The van der Waals surface area contributed by atoms with Crippen LogP contribution in [0.5, 0.6) is 0 Å². The molecule has 0 bridgehead atoms. The zero-order chi connectivity index (χ0) is 12.3. The van der Waals surface area contributed by atoms with Gasteiger partial charge in [0, 0.05) is 32.1 Å². The van der Waals surface area contributed by atoms with E-state index in [-0.39, 0.29) is 0 Å². The Kier molecular flexibility index (Phi) is 3.32. The van der Waals surface area contributed by atoms with E-state index in [1.165, 1.54) is 5.56 Å². The van der Waals surface area contributed by atoms with E-state index in [2.05, 4.69) is 22.1 Å². The molecule has 0 unspecified atom stereocenters. The summed E-state index contributed by atoms with van der Waals surface area (Å²) in [7, 11) is 3.90. The van der Waals surface area contributed by atoms with Gasteiger partial charge in [0.05, 0.1) is 5.69 Å². The minimum absolute atomic E-state index is 0.862. The molecule has 4 nitrogen and oxygen atoms in total. The first-order valence-corrected chi connectivity index (χ1v) is 5.66. The van der Waals surface area contributed by atoms with E-state index < -0.39 is 0 Å². The number of anilines is 1. The molecule has 0 aliphatic carbocycles. The Balaban J connectivity index is 2.40. The van der Waals surface area contributed by atoms with Gasteiger partial charge in [0.2, 0.25) is 0 Å². The smallest absolute Gasteiger partial charge is 0.150 e. The predicted molar refractivity (Wildman–Crippen MR) is 69.0 cm³/mol. The van der Waals surface area contributed by atoms with Gasteiger partial charge in [0.15, 0.2) is 5.82 Å². The van der Waals surface area contributed by atoms with Crippen molar-refractivity contribution in [3.05, 3.63) is 36.2 Å². The van der Waals surface area contributed by atoms with Crippen molar-refractivity contribution in [2.75, 3.05) is 19.0 Å². The summed E-state index contributed by atoms with van der Waals surface area (Å²) in [5.74, 6) is 0.862. The zero-order valence-electron chi connectivity index (χ0n) is 10.4.